The van der Waals surface area contributed by atoms with E-state index in [1.807, 2.05) is 0 Å². The highest BCUT2D eigenvalue weighted by molar-refractivity contribution is 5.89. The molecule has 0 aromatic carbocycles. The van der Waals surface area contributed by atoms with Crippen LogP contribution in [-0.4, -0.2) is 23.0 Å². The van der Waals surface area contributed by atoms with Crippen molar-refractivity contribution >= 4 is 5.71 Å². The molecule has 2 bridgehead atoms. The Bertz CT molecular complexity index is 261. The van der Waals surface area contributed by atoms with Crippen LogP contribution >= 0.6 is 0 Å². The lowest BCUT2D eigenvalue weighted by Crippen LogP contribution is -2.45. The zero-order valence-electron chi connectivity index (χ0n) is 8.00. The molecule has 3 atom stereocenters. The summed E-state index contributed by atoms with van der Waals surface area (Å²) in [4.78, 5) is 4.59. The minimum absolute atomic E-state index is 0.345. The number of nitrogens with zero attached hydrogens (tertiary/aromatic N) is 1. The lowest BCUT2D eigenvalue weighted by molar-refractivity contribution is -0.00176. The van der Waals surface area contributed by atoms with Crippen LogP contribution in [0.1, 0.15) is 38.5 Å². The second-order valence-electron chi connectivity index (χ2n) is 4.98. The van der Waals surface area contributed by atoms with Gasteiger partial charge in [0, 0.05) is 18.2 Å². The number of fused-ring (bicyclic) bond motifs is 4. The van der Waals surface area contributed by atoms with Gasteiger partial charge in [0.1, 0.15) is 0 Å². The molecule has 1 N–H and O–H groups in total. The number of rotatable bonds is 0. The predicted octanol–water partition coefficient (Wildman–Crippen LogP) is 1.77. The van der Waals surface area contributed by atoms with E-state index in [4.69, 9.17) is 0 Å². The summed E-state index contributed by atoms with van der Waals surface area (Å²) >= 11 is 0. The first kappa shape index (κ1) is 7.98. The smallest absolute Gasteiger partial charge is 0.0730 e. The predicted molar refractivity (Wildman–Crippen MR) is 51.9 cm³/mol. The molecule has 0 aromatic heterocycles. The Morgan fingerprint density at radius 1 is 1.38 bits per heavy atom. The zero-order chi connectivity index (χ0) is 8.89. The number of hydrogen-bond donors (Lipinski definition) is 1. The molecule has 72 valence electrons. The van der Waals surface area contributed by atoms with E-state index < -0.39 is 0 Å². The minimum atomic E-state index is -0.345. The highest BCUT2D eigenvalue weighted by Crippen LogP contribution is 2.49. The van der Waals surface area contributed by atoms with Gasteiger partial charge in [0.2, 0.25) is 0 Å². The summed E-state index contributed by atoms with van der Waals surface area (Å²) in [6.45, 7) is 1.01. The van der Waals surface area contributed by atoms with Gasteiger partial charge in [-0.05, 0) is 44.4 Å². The molecule has 3 rings (SSSR count). The SMILES string of the molecule is O[C@@]12CC[C@@H](CC3=NCCC[C@H]31)C2. The zero-order valence-corrected chi connectivity index (χ0v) is 8.00. The van der Waals surface area contributed by atoms with E-state index >= 15 is 0 Å². The fourth-order valence-electron chi connectivity index (χ4n) is 3.53. The van der Waals surface area contributed by atoms with Gasteiger partial charge < -0.3 is 5.11 Å². The molecular formula is C11H17NO. The summed E-state index contributed by atoms with van der Waals surface area (Å²) in [5.41, 5.74) is 1.00. The van der Waals surface area contributed by atoms with Crippen molar-refractivity contribution in [2.45, 2.75) is 44.1 Å². The van der Waals surface area contributed by atoms with Crippen molar-refractivity contribution in [3.63, 3.8) is 0 Å². The lowest BCUT2D eigenvalue weighted by atomic mass is 9.72. The average Bonchev–Trinajstić information content (AvgIpc) is 2.44. The Hall–Kier alpha value is -0.370. The van der Waals surface area contributed by atoms with E-state index in [2.05, 4.69) is 4.99 Å². The van der Waals surface area contributed by atoms with Crippen LogP contribution < -0.4 is 0 Å². The molecular weight excluding hydrogens is 162 g/mol. The summed E-state index contributed by atoms with van der Waals surface area (Å²) in [5, 5.41) is 10.4. The van der Waals surface area contributed by atoms with Gasteiger partial charge in [0.25, 0.3) is 0 Å². The third kappa shape index (κ3) is 1.08. The molecule has 0 unspecified atom stereocenters. The molecule has 13 heavy (non-hydrogen) atoms. The normalized spacial score (nSPS) is 48.5. The van der Waals surface area contributed by atoms with E-state index in [1.165, 1.54) is 31.4 Å². The van der Waals surface area contributed by atoms with Crippen molar-refractivity contribution < 1.29 is 5.11 Å². The molecule has 2 fully saturated rings. The molecule has 0 radical (unpaired) electrons. The maximum Gasteiger partial charge on any atom is 0.0730 e. The van der Waals surface area contributed by atoms with Crippen LogP contribution in [0.4, 0.5) is 0 Å². The van der Waals surface area contributed by atoms with E-state index in [9.17, 15) is 5.11 Å². The van der Waals surface area contributed by atoms with Crippen molar-refractivity contribution in [3.05, 3.63) is 0 Å². The lowest BCUT2D eigenvalue weighted by Gasteiger charge is -2.39. The molecule has 1 heterocycles. The van der Waals surface area contributed by atoms with E-state index in [0.29, 0.717) is 5.92 Å². The fraction of sp³-hybridized carbons (Fsp3) is 0.909. The molecule has 3 aliphatic rings. The first-order valence-corrected chi connectivity index (χ1v) is 5.53. The van der Waals surface area contributed by atoms with Gasteiger partial charge >= 0.3 is 0 Å². The highest BCUT2D eigenvalue weighted by Gasteiger charge is 2.50. The first-order chi connectivity index (χ1) is 6.28. The summed E-state index contributed by atoms with van der Waals surface area (Å²) in [7, 11) is 0. The topological polar surface area (TPSA) is 32.6 Å². The van der Waals surface area contributed by atoms with Gasteiger partial charge in [-0.3, -0.25) is 4.99 Å². The van der Waals surface area contributed by atoms with E-state index in [-0.39, 0.29) is 5.60 Å². The molecule has 2 aliphatic carbocycles. The second-order valence-corrected chi connectivity index (χ2v) is 4.98. The maximum atomic E-state index is 10.4. The van der Waals surface area contributed by atoms with Crippen LogP contribution in [0.5, 0.6) is 0 Å². The molecule has 0 saturated heterocycles. The molecule has 0 aromatic rings. The fourth-order valence-corrected chi connectivity index (χ4v) is 3.53. The molecule has 2 nitrogen and oxygen atoms in total. The first-order valence-electron chi connectivity index (χ1n) is 5.53. The van der Waals surface area contributed by atoms with Crippen LogP contribution in [0.25, 0.3) is 0 Å². The molecule has 0 spiro atoms. The average molecular weight is 179 g/mol. The molecule has 2 heteroatoms. The van der Waals surface area contributed by atoms with Crippen molar-refractivity contribution in [1.82, 2.24) is 0 Å². The van der Waals surface area contributed by atoms with Crippen LogP contribution in [0.3, 0.4) is 0 Å². The molecule has 0 amide bonds. The monoisotopic (exact) mass is 179 g/mol. The highest BCUT2D eigenvalue weighted by atomic mass is 16.3. The third-order valence-electron chi connectivity index (χ3n) is 4.14. The number of aliphatic hydroxyl groups is 1. The largest absolute Gasteiger partial charge is 0.389 e. The van der Waals surface area contributed by atoms with Crippen LogP contribution in [0.2, 0.25) is 0 Å². The van der Waals surface area contributed by atoms with Crippen LogP contribution in [-0.2, 0) is 0 Å². The van der Waals surface area contributed by atoms with Crippen molar-refractivity contribution in [2.24, 2.45) is 16.8 Å². The summed E-state index contributed by atoms with van der Waals surface area (Å²) < 4.78 is 0. The second kappa shape index (κ2) is 2.57. The summed E-state index contributed by atoms with van der Waals surface area (Å²) in [6.07, 6.45) is 6.86. The summed E-state index contributed by atoms with van der Waals surface area (Å²) in [6, 6.07) is 0. The minimum Gasteiger partial charge on any atom is -0.389 e. The van der Waals surface area contributed by atoms with Gasteiger partial charge in [0.15, 0.2) is 0 Å². The Labute approximate surface area is 79.1 Å². The molecule has 1 aliphatic heterocycles. The molecule has 2 saturated carbocycles. The summed E-state index contributed by atoms with van der Waals surface area (Å²) in [5.74, 6) is 1.18. The van der Waals surface area contributed by atoms with E-state index in [0.717, 1.165) is 25.3 Å². The van der Waals surface area contributed by atoms with Crippen LogP contribution in [0, 0.1) is 11.8 Å². The van der Waals surface area contributed by atoms with Gasteiger partial charge in [-0.2, -0.15) is 0 Å². The Morgan fingerprint density at radius 3 is 3.23 bits per heavy atom. The van der Waals surface area contributed by atoms with Crippen LogP contribution in [0.15, 0.2) is 4.99 Å². The maximum absolute atomic E-state index is 10.4. The Balaban J connectivity index is 1.98. The Kier molecular flexibility index (Phi) is 1.58. The van der Waals surface area contributed by atoms with Gasteiger partial charge in [-0.15, -0.1) is 0 Å². The van der Waals surface area contributed by atoms with Crippen molar-refractivity contribution in [3.8, 4) is 0 Å². The van der Waals surface area contributed by atoms with Gasteiger partial charge in [-0.1, -0.05) is 0 Å². The quantitative estimate of drug-likeness (QED) is 0.604. The van der Waals surface area contributed by atoms with E-state index in [1.54, 1.807) is 0 Å². The number of hydrogen-bond acceptors (Lipinski definition) is 2. The Morgan fingerprint density at radius 2 is 2.31 bits per heavy atom. The third-order valence-corrected chi connectivity index (χ3v) is 4.14. The standard InChI is InChI=1S/C11H17NO/c13-11-4-3-8(7-11)6-10-9(11)2-1-5-12-10/h8-9,13H,1-7H2/t8-,9+,11+/m0/s1. The van der Waals surface area contributed by atoms with Crippen molar-refractivity contribution in [2.75, 3.05) is 6.54 Å². The van der Waals surface area contributed by atoms with Gasteiger partial charge in [-0.25, -0.2) is 0 Å². The van der Waals surface area contributed by atoms with Crippen molar-refractivity contribution in [1.29, 1.82) is 0 Å². The number of aliphatic imine (C=N–C) groups is 1. The van der Waals surface area contributed by atoms with Gasteiger partial charge in [0.05, 0.1) is 5.60 Å².